The SMILES string of the molecule is C[Si](C)(C)C=[N+]=[N-].C[Si](C)(C)CC=[N+]=[N-]. The van der Waals surface area contributed by atoms with Crippen LogP contribution in [0, 0.1) is 0 Å². The summed E-state index contributed by atoms with van der Waals surface area (Å²) in [6.07, 6.45) is 1.58. The van der Waals surface area contributed by atoms with Gasteiger partial charge in [0.1, 0.15) is 0 Å². The first kappa shape index (κ1) is 16.6. The van der Waals surface area contributed by atoms with Gasteiger partial charge in [-0.15, -0.1) is 0 Å². The van der Waals surface area contributed by atoms with Gasteiger partial charge in [-0.05, 0) is 0 Å². The second kappa shape index (κ2) is 7.48. The van der Waals surface area contributed by atoms with E-state index in [9.17, 15) is 0 Å². The van der Waals surface area contributed by atoms with Crippen LogP contribution in [0.4, 0.5) is 0 Å². The lowest BCUT2D eigenvalue weighted by molar-refractivity contribution is 0.00284. The third-order valence-electron chi connectivity index (χ3n) is 1.23. The molecule has 0 aliphatic carbocycles. The molecule has 4 nitrogen and oxygen atoms in total. The van der Waals surface area contributed by atoms with E-state index < -0.39 is 16.1 Å². The van der Waals surface area contributed by atoms with Crippen LogP contribution >= 0.6 is 0 Å². The van der Waals surface area contributed by atoms with E-state index in [-0.39, 0.29) is 0 Å². The lowest BCUT2D eigenvalue weighted by atomic mass is 10.9. The van der Waals surface area contributed by atoms with Crippen LogP contribution in [0.25, 0.3) is 11.1 Å². The molecule has 0 fully saturated rings. The van der Waals surface area contributed by atoms with Crippen molar-refractivity contribution in [1.82, 2.24) is 0 Å². The van der Waals surface area contributed by atoms with Crippen molar-refractivity contribution in [1.29, 1.82) is 0 Å². The molecule has 0 spiro atoms. The highest BCUT2D eigenvalue weighted by Gasteiger charge is 2.14. The predicted octanol–water partition coefficient (Wildman–Crippen LogP) is 2.79. The Morgan fingerprint density at radius 1 is 0.933 bits per heavy atom. The van der Waals surface area contributed by atoms with Crippen LogP contribution in [-0.4, -0.2) is 37.8 Å². The average Bonchev–Trinajstić information content (AvgIpc) is 1.98. The number of rotatable bonds is 3. The second-order valence-electron chi connectivity index (χ2n) is 5.67. The Balaban J connectivity index is 0. The van der Waals surface area contributed by atoms with Crippen LogP contribution in [0.5, 0.6) is 0 Å². The van der Waals surface area contributed by atoms with Crippen LogP contribution in [0.3, 0.4) is 0 Å². The summed E-state index contributed by atoms with van der Waals surface area (Å²) in [6, 6.07) is 0.962. The summed E-state index contributed by atoms with van der Waals surface area (Å²) in [5.74, 6) is 1.63. The molecule has 0 atom stereocenters. The molecule has 0 saturated heterocycles. The maximum absolute atomic E-state index is 8.02. The number of hydrogen-bond acceptors (Lipinski definition) is 0. The Hall–Kier alpha value is -0.806. The molecule has 0 aliphatic heterocycles. The van der Waals surface area contributed by atoms with Crippen molar-refractivity contribution in [2.24, 2.45) is 0 Å². The molecule has 0 aromatic rings. The second-order valence-corrected chi connectivity index (χ2v) is 16.2. The average molecular weight is 242 g/mol. The van der Waals surface area contributed by atoms with Gasteiger partial charge in [-0.25, -0.2) is 0 Å². The first-order valence-electron chi connectivity index (χ1n) is 4.97. The minimum Gasteiger partial charge on any atom is -0.363 e. The van der Waals surface area contributed by atoms with Gasteiger partial charge in [0.05, 0.1) is 8.07 Å². The molecule has 0 unspecified atom stereocenters. The number of nitrogens with zero attached hydrogens (tertiary/aromatic N) is 4. The number of hydrogen-bond donors (Lipinski definition) is 0. The van der Waals surface area contributed by atoms with Gasteiger partial charge in [0.15, 0.2) is 8.07 Å². The third-order valence-corrected chi connectivity index (χ3v) is 3.53. The van der Waals surface area contributed by atoms with Crippen molar-refractivity contribution in [3.05, 3.63) is 11.1 Å². The molecule has 0 heterocycles. The van der Waals surface area contributed by atoms with Gasteiger partial charge in [0.2, 0.25) is 5.84 Å². The molecule has 0 radical (unpaired) electrons. The van der Waals surface area contributed by atoms with Crippen molar-refractivity contribution in [2.45, 2.75) is 45.3 Å². The van der Waals surface area contributed by atoms with Gasteiger partial charge < -0.3 is 11.1 Å². The molecule has 86 valence electrons. The smallest absolute Gasteiger partial charge is 0.254 e. The molecule has 0 aromatic carbocycles. The van der Waals surface area contributed by atoms with Gasteiger partial charge >= 0.3 is 0 Å². The van der Waals surface area contributed by atoms with Crippen molar-refractivity contribution in [3.8, 4) is 0 Å². The normalized spacial score (nSPS) is 10.3. The first-order valence-corrected chi connectivity index (χ1v) is 12.3. The fourth-order valence-electron chi connectivity index (χ4n) is 0.488. The summed E-state index contributed by atoms with van der Waals surface area (Å²) < 4.78 is 0. The van der Waals surface area contributed by atoms with Crippen LogP contribution in [0.1, 0.15) is 0 Å². The minimum atomic E-state index is -1.20. The molecule has 0 rings (SSSR count). The Kier molecular flexibility index (Phi) is 8.29. The van der Waals surface area contributed by atoms with Gasteiger partial charge in [0.25, 0.3) is 6.21 Å². The van der Waals surface area contributed by atoms with E-state index in [1.807, 2.05) is 0 Å². The van der Waals surface area contributed by atoms with E-state index in [1.54, 1.807) is 12.1 Å². The van der Waals surface area contributed by atoms with E-state index in [4.69, 9.17) is 11.1 Å². The monoisotopic (exact) mass is 242 g/mol. The van der Waals surface area contributed by atoms with Crippen LogP contribution in [0.15, 0.2) is 0 Å². The Morgan fingerprint density at radius 3 is 1.47 bits per heavy atom. The summed E-state index contributed by atoms with van der Waals surface area (Å²) in [5, 5.41) is 0. The van der Waals surface area contributed by atoms with Gasteiger partial charge in [-0.2, -0.15) is 9.58 Å². The van der Waals surface area contributed by atoms with Crippen LogP contribution < -0.4 is 0 Å². The topological polar surface area (TPSA) is 72.8 Å². The summed E-state index contributed by atoms with van der Waals surface area (Å²) in [7, 11) is -2.19. The zero-order chi connectivity index (χ0) is 12.5. The van der Waals surface area contributed by atoms with E-state index in [0.717, 1.165) is 6.04 Å². The van der Waals surface area contributed by atoms with Crippen molar-refractivity contribution < 1.29 is 9.58 Å². The molecule has 0 bridgehead atoms. The molecule has 0 saturated carbocycles. The zero-order valence-electron chi connectivity index (χ0n) is 10.7. The van der Waals surface area contributed by atoms with E-state index in [0.29, 0.717) is 0 Å². The Labute approximate surface area is 94.6 Å². The molecular weight excluding hydrogens is 220 g/mol. The highest BCUT2D eigenvalue weighted by molar-refractivity contribution is 6.98. The molecule has 0 aromatic heterocycles. The zero-order valence-corrected chi connectivity index (χ0v) is 12.7. The molecular formula is C9H22N4Si2. The summed E-state index contributed by atoms with van der Waals surface area (Å²) >= 11 is 0. The maximum Gasteiger partial charge on any atom is 0.254 e. The Bertz CT molecular complexity index is 263. The summed E-state index contributed by atoms with van der Waals surface area (Å²) in [5.41, 5.74) is 16.0. The van der Waals surface area contributed by atoms with Gasteiger partial charge in [-0.1, -0.05) is 39.3 Å². The highest BCUT2D eigenvalue weighted by atomic mass is 28.3. The fourth-order valence-corrected chi connectivity index (χ4v) is 1.46. The first-order chi connectivity index (χ1) is 6.62. The summed E-state index contributed by atoms with van der Waals surface area (Å²) in [4.78, 5) is 5.87. The summed E-state index contributed by atoms with van der Waals surface area (Å²) in [6.45, 7) is 13.0. The van der Waals surface area contributed by atoms with Crippen molar-refractivity contribution in [2.75, 3.05) is 0 Å². The fraction of sp³-hybridized carbons (Fsp3) is 0.778. The van der Waals surface area contributed by atoms with E-state index in [2.05, 4.69) is 48.9 Å². The van der Waals surface area contributed by atoms with Crippen molar-refractivity contribution in [3.63, 3.8) is 0 Å². The third kappa shape index (κ3) is 24.6. The van der Waals surface area contributed by atoms with Gasteiger partial charge in [-0.3, -0.25) is 0 Å². The quantitative estimate of drug-likeness (QED) is 0.316. The largest absolute Gasteiger partial charge is 0.363 e. The maximum atomic E-state index is 8.02. The standard InChI is InChI=1S/C5H12N2Si.C4H10N2Si/c1-8(2,3)5-4-7-6;1-7(2,3)4-6-5/h4H,5H2,1-3H3;4H,1-3H3. The molecule has 15 heavy (non-hydrogen) atoms. The van der Waals surface area contributed by atoms with E-state index in [1.165, 1.54) is 0 Å². The lowest BCUT2D eigenvalue weighted by Gasteiger charge is -2.07. The van der Waals surface area contributed by atoms with Gasteiger partial charge in [0, 0.05) is 6.04 Å². The lowest BCUT2D eigenvalue weighted by Crippen LogP contribution is -2.22. The predicted molar refractivity (Wildman–Crippen MR) is 70.9 cm³/mol. The van der Waals surface area contributed by atoms with Crippen molar-refractivity contribution >= 4 is 28.2 Å². The minimum absolute atomic E-state index is 0.962. The molecule has 6 heteroatoms. The Morgan fingerprint density at radius 2 is 1.40 bits per heavy atom. The molecule has 0 N–H and O–H groups in total. The highest BCUT2D eigenvalue weighted by Crippen LogP contribution is 2.03. The molecule has 0 aliphatic rings. The van der Waals surface area contributed by atoms with Crippen LogP contribution in [-0.2, 0) is 0 Å². The van der Waals surface area contributed by atoms with E-state index >= 15 is 0 Å². The molecule has 0 amide bonds. The van der Waals surface area contributed by atoms with Crippen LogP contribution in [0.2, 0.25) is 45.3 Å².